The molecule has 2 N–H and O–H groups in total. The van der Waals surface area contributed by atoms with Gasteiger partial charge in [0, 0.05) is 6.20 Å². The molecule has 1 heterocycles. The molecule has 0 unspecified atom stereocenters. The van der Waals surface area contributed by atoms with Crippen molar-refractivity contribution in [1.29, 1.82) is 5.26 Å². The Morgan fingerprint density at radius 2 is 2.18 bits per heavy atom. The zero-order valence-electron chi connectivity index (χ0n) is 5.31. The fourth-order valence-corrected chi connectivity index (χ4v) is 0.942. The van der Waals surface area contributed by atoms with Crippen LogP contribution in [0.3, 0.4) is 0 Å². The second-order valence-electron chi connectivity index (χ2n) is 1.79. The van der Waals surface area contributed by atoms with E-state index in [2.05, 4.69) is 4.98 Å². The number of rotatable bonds is 0. The van der Waals surface area contributed by atoms with Crippen LogP contribution in [0, 0.1) is 11.3 Å². The van der Waals surface area contributed by atoms with Crippen molar-refractivity contribution in [2.75, 3.05) is 5.73 Å². The summed E-state index contributed by atoms with van der Waals surface area (Å²) in [6.07, 6.45) is 1.29. The van der Waals surface area contributed by atoms with Crippen LogP contribution in [0.1, 0.15) is 5.69 Å². The van der Waals surface area contributed by atoms with Gasteiger partial charge < -0.3 is 5.73 Å². The van der Waals surface area contributed by atoms with Crippen molar-refractivity contribution in [2.24, 2.45) is 0 Å². The van der Waals surface area contributed by atoms with Crippen molar-refractivity contribution in [1.82, 2.24) is 4.98 Å². The zero-order valence-corrected chi connectivity index (χ0v) is 6.82. The Morgan fingerprint density at radius 3 is 2.73 bits per heavy atom. The first kappa shape index (κ1) is 8.12. The highest BCUT2D eigenvalue weighted by Gasteiger charge is 2.07. The van der Waals surface area contributed by atoms with Gasteiger partial charge >= 0.3 is 0 Å². The van der Waals surface area contributed by atoms with Gasteiger partial charge in [-0.25, -0.2) is 4.98 Å². The first-order chi connectivity index (χ1) is 5.16. The normalized spacial score (nSPS) is 9.18. The van der Waals surface area contributed by atoms with Crippen LogP contribution in [-0.4, -0.2) is 4.98 Å². The predicted octanol–water partition coefficient (Wildman–Crippen LogP) is 1.84. The molecule has 3 nitrogen and oxygen atoms in total. The number of nitrogen functional groups attached to an aromatic ring is 1. The van der Waals surface area contributed by atoms with Crippen molar-refractivity contribution in [3.05, 3.63) is 21.9 Å². The third-order valence-corrected chi connectivity index (χ3v) is 1.80. The van der Waals surface area contributed by atoms with E-state index >= 15 is 0 Å². The predicted molar refractivity (Wildman–Crippen MR) is 43.4 cm³/mol. The fraction of sp³-hybridized carbons (Fsp3) is 0. The summed E-state index contributed by atoms with van der Waals surface area (Å²) in [6.45, 7) is 0. The Kier molecular flexibility index (Phi) is 2.18. The van der Waals surface area contributed by atoms with Crippen LogP contribution < -0.4 is 5.73 Å². The van der Waals surface area contributed by atoms with Crippen LogP contribution in [0.5, 0.6) is 0 Å². The molecule has 0 spiro atoms. The van der Waals surface area contributed by atoms with Crippen LogP contribution in [-0.2, 0) is 0 Å². The summed E-state index contributed by atoms with van der Waals surface area (Å²) in [7, 11) is 0. The molecule has 0 aliphatic heterocycles. The maximum absolute atomic E-state index is 8.44. The zero-order chi connectivity index (χ0) is 8.43. The molecule has 0 radical (unpaired) electrons. The van der Waals surface area contributed by atoms with Gasteiger partial charge in [-0.1, -0.05) is 23.2 Å². The number of pyridine rings is 1. The van der Waals surface area contributed by atoms with Gasteiger partial charge in [0.2, 0.25) is 0 Å². The smallest absolute Gasteiger partial charge is 0.161 e. The lowest BCUT2D eigenvalue weighted by molar-refractivity contribution is 1.27. The first-order valence-corrected chi connectivity index (χ1v) is 3.42. The molecule has 0 bridgehead atoms. The molecule has 0 fully saturated rings. The molecule has 0 amide bonds. The second kappa shape index (κ2) is 2.95. The van der Waals surface area contributed by atoms with E-state index < -0.39 is 0 Å². The van der Waals surface area contributed by atoms with E-state index in [0.717, 1.165) is 0 Å². The molecule has 56 valence electrons. The lowest BCUT2D eigenvalue weighted by atomic mass is 10.3. The lowest BCUT2D eigenvalue weighted by Crippen LogP contribution is -1.93. The van der Waals surface area contributed by atoms with Gasteiger partial charge in [-0.05, 0) is 0 Å². The summed E-state index contributed by atoms with van der Waals surface area (Å²) < 4.78 is 0. The number of anilines is 1. The van der Waals surface area contributed by atoms with Crippen LogP contribution in [0.15, 0.2) is 6.20 Å². The number of nitrogens with zero attached hydrogens (tertiary/aromatic N) is 2. The molecule has 1 aromatic rings. The standard InChI is InChI=1S/C6H3Cl2N3/c7-3-2-11-4(1-9)5(8)6(3)10/h2H,(H2,10,11). The third kappa shape index (κ3) is 1.37. The molecule has 5 heteroatoms. The number of hydrogen-bond acceptors (Lipinski definition) is 3. The minimum Gasteiger partial charge on any atom is -0.396 e. The van der Waals surface area contributed by atoms with Gasteiger partial charge in [0.25, 0.3) is 0 Å². The van der Waals surface area contributed by atoms with Gasteiger partial charge in [0.05, 0.1) is 10.7 Å². The van der Waals surface area contributed by atoms with Crippen LogP contribution >= 0.6 is 23.2 Å². The maximum Gasteiger partial charge on any atom is 0.161 e. The molecular formula is C6H3Cl2N3. The Bertz CT molecular complexity index is 329. The summed E-state index contributed by atoms with van der Waals surface area (Å²) in [5.74, 6) is 0. The van der Waals surface area contributed by atoms with E-state index in [0.29, 0.717) is 0 Å². The van der Waals surface area contributed by atoms with Crippen molar-refractivity contribution >= 4 is 28.9 Å². The number of nitrogens with two attached hydrogens (primary N) is 1. The minimum absolute atomic E-state index is 0.0913. The summed E-state index contributed by atoms with van der Waals surface area (Å²) in [6, 6.07) is 1.78. The Balaban J connectivity index is 3.40. The van der Waals surface area contributed by atoms with Crippen molar-refractivity contribution < 1.29 is 0 Å². The molecule has 1 rings (SSSR count). The number of hydrogen-bond donors (Lipinski definition) is 1. The average molecular weight is 188 g/mol. The van der Waals surface area contributed by atoms with E-state index in [4.69, 9.17) is 34.2 Å². The van der Waals surface area contributed by atoms with Crippen LogP contribution in [0.2, 0.25) is 10.0 Å². The highest BCUT2D eigenvalue weighted by Crippen LogP contribution is 2.27. The molecule has 0 aliphatic carbocycles. The number of aromatic nitrogens is 1. The second-order valence-corrected chi connectivity index (χ2v) is 2.58. The molecule has 0 atom stereocenters. The average Bonchev–Trinajstić information content (AvgIpc) is 2.01. The van der Waals surface area contributed by atoms with Crippen molar-refractivity contribution in [3.63, 3.8) is 0 Å². The summed E-state index contributed by atoms with van der Waals surface area (Å²) in [4.78, 5) is 3.65. The Labute approximate surface area is 73.4 Å². The molecule has 11 heavy (non-hydrogen) atoms. The maximum atomic E-state index is 8.44. The molecular weight excluding hydrogens is 185 g/mol. The quantitative estimate of drug-likeness (QED) is 0.675. The molecule has 0 saturated carbocycles. The molecule has 1 aromatic heterocycles. The van der Waals surface area contributed by atoms with Gasteiger partial charge in [0.15, 0.2) is 5.69 Å². The summed E-state index contributed by atoms with van der Waals surface area (Å²) >= 11 is 11.2. The fourth-order valence-electron chi connectivity index (χ4n) is 0.558. The number of halogens is 2. The lowest BCUT2D eigenvalue weighted by Gasteiger charge is -1.99. The van der Waals surface area contributed by atoms with Gasteiger partial charge in [-0.2, -0.15) is 5.26 Å². The largest absolute Gasteiger partial charge is 0.396 e. The molecule has 0 aliphatic rings. The highest BCUT2D eigenvalue weighted by molar-refractivity contribution is 6.39. The Morgan fingerprint density at radius 1 is 1.55 bits per heavy atom. The SMILES string of the molecule is N#Cc1ncc(Cl)c(N)c1Cl. The monoisotopic (exact) mass is 187 g/mol. The van der Waals surface area contributed by atoms with Gasteiger partial charge in [-0.3, -0.25) is 0 Å². The topological polar surface area (TPSA) is 62.7 Å². The van der Waals surface area contributed by atoms with E-state index in [1.807, 2.05) is 0 Å². The molecule has 0 saturated heterocycles. The van der Waals surface area contributed by atoms with Crippen LogP contribution in [0.25, 0.3) is 0 Å². The van der Waals surface area contributed by atoms with E-state index in [9.17, 15) is 0 Å². The minimum atomic E-state index is 0.0913. The van der Waals surface area contributed by atoms with Gasteiger partial charge in [-0.15, -0.1) is 0 Å². The summed E-state index contributed by atoms with van der Waals surface area (Å²) in [5.41, 5.74) is 5.69. The van der Waals surface area contributed by atoms with Crippen LogP contribution in [0.4, 0.5) is 5.69 Å². The highest BCUT2D eigenvalue weighted by atomic mass is 35.5. The van der Waals surface area contributed by atoms with E-state index in [-0.39, 0.29) is 21.4 Å². The summed E-state index contributed by atoms with van der Waals surface area (Å²) in [5, 5.41) is 8.81. The van der Waals surface area contributed by atoms with Gasteiger partial charge in [0.1, 0.15) is 11.1 Å². The van der Waals surface area contributed by atoms with Crippen molar-refractivity contribution in [3.8, 4) is 6.07 Å². The number of nitriles is 1. The molecule has 0 aromatic carbocycles. The Hall–Kier alpha value is -0.980. The first-order valence-electron chi connectivity index (χ1n) is 2.66. The van der Waals surface area contributed by atoms with Crippen molar-refractivity contribution in [2.45, 2.75) is 0 Å². The van der Waals surface area contributed by atoms with E-state index in [1.165, 1.54) is 6.20 Å². The third-order valence-electron chi connectivity index (χ3n) is 1.11. The van der Waals surface area contributed by atoms with E-state index in [1.54, 1.807) is 6.07 Å².